The molecule has 2 fully saturated rings. The van der Waals surface area contributed by atoms with Gasteiger partial charge < -0.3 is 25.0 Å². The molecule has 7 nitrogen and oxygen atoms in total. The van der Waals surface area contributed by atoms with E-state index in [9.17, 15) is 14.0 Å². The third-order valence-corrected chi connectivity index (χ3v) is 4.46. The maximum atomic E-state index is 14.5. The molecule has 1 saturated heterocycles. The zero-order valence-corrected chi connectivity index (χ0v) is 12.7. The molecule has 3 N–H and O–H groups in total. The van der Waals surface area contributed by atoms with E-state index in [1.807, 2.05) is 4.90 Å². The minimum absolute atomic E-state index is 0.0251. The van der Waals surface area contributed by atoms with Crippen molar-refractivity contribution in [3.8, 4) is 5.75 Å². The topological polar surface area (TPSA) is 97.8 Å². The number of benzene rings is 1. The van der Waals surface area contributed by atoms with Crippen LogP contribution >= 0.6 is 0 Å². The van der Waals surface area contributed by atoms with Gasteiger partial charge >= 0.3 is 6.16 Å². The summed E-state index contributed by atoms with van der Waals surface area (Å²) in [6.07, 6.45) is 1.68. The van der Waals surface area contributed by atoms with Crippen LogP contribution in [0.3, 0.4) is 0 Å². The zero-order valence-electron chi connectivity index (χ0n) is 12.7. The number of hydrogen-bond acceptors (Lipinski definition) is 5. The monoisotopic (exact) mass is 333 g/mol. The molecule has 0 bridgehead atoms. The minimum Gasteiger partial charge on any atom is -0.449 e. The van der Waals surface area contributed by atoms with E-state index in [2.05, 4.69) is 4.74 Å². The van der Waals surface area contributed by atoms with Crippen molar-refractivity contribution in [1.29, 1.82) is 0 Å². The highest BCUT2D eigenvalue weighted by atomic mass is 19.1. The fraction of sp³-hybridized carbons (Fsp3) is 0.375. The molecule has 1 aromatic carbocycles. The minimum atomic E-state index is -1.57. The predicted octanol–water partition coefficient (Wildman–Crippen LogP) is 1.68. The molecule has 1 aliphatic carbocycles. The second kappa shape index (κ2) is 5.20. The Balaban J connectivity index is 1.91. The van der Waals surface area contributed by atoms with Crippen molar-refractivity contribution < 1.29 is 19.0 Å². The van der Waals surface area contributed by atoms with Crippen LogP contribution < -0.4 is 20.8 Å². The Kier molecular flexibility index (Phi) is 3.24. The van der Waals surface area contributed by atoms with Gasteiger partial charge in [-0.25, -0.2) is 9.18 Å². The Morgan fingerprint density at radius 3 is 2.62 bits per heavy atom. The molecule has 1 saturated carbocycles. The van der Waals surface area contributed by atoms with Gasteiger partial charge in [0.05, 0.1) is 22.8 Å². The second-order valence-corrected chi connectivity index (χ2v) is 6.31. The van der Waals surface area contributed by atoms with Crippen LogP contribution in [-0.4, -0.2) is 35.0 Å². The van der Waals surface area contributed by atoms with Crippen molar-refractivity contribution in [2.45, 2.75) is 24.9 Å². The maximum absolute atomic E-state index is 14.5. The molecule has 2 aromatic rings. The summed E-state index contributed by atoms with van der Waals surface area (Å²) >= 11 is 0. The van der Waals surface area contributed by atoms with Crippen LogP contribution in [0.25, 0.3) is 10.9 Å². The standard InChI is InChI=1S/C16H16FN3O4/c17-11-3-10-12(4-13(11)19-5-8(18)6-19)20(9-1-2-9)7-14(15(10)21)24-16(22)23/h3-4,7-9H,1-2,5-6,18H2,(H,22,23). The zero-order chi connectivity index (χ0) is 17.0. The Labute approximate surface area is 136 Å². The number of carboxylic acid groups (broad SMARTS) is 1. The van der Waals surface area contributed by atoms with E-state index in [-0.39, 0.29) is 23.2 Å². The number of ether oxygens (including phenoxy) is 1. The van der Waals surface area contributed by atoms with Gasteiger partial charge in [-0.15, -0.1) is 0 Å². The molecule has 0 atom stereocenters. The first-order chi connectivity index (χ1) is 11.4. The summed E-state index contributed by atoms with van der Waals surface area (Å²) in [7, 11) is 0. The van der Waals surface area contributed by atoms with Crippen molar-refractivity contribution in [2.75, 3.05) is 18.0 Å². The van der Waals surface area contributed by atoms with Crippen LogP contribution in [0.1, 0.15) is 18.9 Å². The van der Waals surface area contributed by atoms with Crippen molar-refractivity contribution >= 4 is 22.7 Å². The van der Waals surface area contributed by atoms with Gasteiger partial charge in [0.25, 0.3) is 0 Å². The smallest absolute Gasteiger partial charge is 0.449 e. The Morgan fingerprint density at radius 2 is 2.04 bits per heavy atom. The number of hydrogen-bond donors (Lipinski definition) is 2. The molecule has 1 aliphatic heterocycles. The third kappa shape index (κ3) is 2.39. The summed E-state index contributed by atoms with van der Waals surface area (Å²) in [5.41, 5.74) is 6.11. The quantitative estimate of drug-likeness (QED) is 0.830. The number of halogens is 1. The number of nitrogens with zero attached hydrogens (tertiary/aromatic N) is 2. The molecule has 4 rings (SSSR count). The second-order valence-electron chi connectivity index (χ2n) is 6.31. The van der Waals surface area contributed by atoms with Crippen LogP contribution in [0.5, 0.6) is 5.75 Å². The van der Waals surface area contributed by atoms with Gasteiger partial charge in [0.15, 0.2) is 5.75 Å². The summed E-state index contributed by atoms with van der Waals surface area (Å²) in [4.78, 5) is 25.0. The van der Waals surface area contributed by atoms with E-state index in [0.29, 0.717) is 24.3 Å². The van der Waals surface area contributed by atoms with Gasteiger partial charge in [-0.05, 0) is 25.0 Å². The SMILES string of the molecule is NC1CN(c2cc3c(cc2F)c(=O)c(OC(=O)O)cn3C2CC2)C1. The summed E-state index contributed by atoms with van der Waals surface area (Å²) in [6.45, 7) is 1.13. The highest BCUT2D eigenvalue weighted by molar-refractivity contribution is 5.85. The highest BCUT2D eigenvalue weighted by Crippen LogP contribution is 2.39. The van der Waals surface area contributed by atoms with Crippen molar-refractivity contribution in [3.63, 3.8) is 0 Å². The summed E-state index contributed by atoms with van der Waals surface area (Å²) < 4.78 is 20.8. The van der Waals surface area contributed by atoms with E-state index in [1.165, 1.54) is 6.20 Å². The Bertz CT molecular complexity index is 900. The van der Waals surface area contributed by atoms with Crippen molar-refractivity contribution in [2.24, 2.45) is 5.73 Å². The van der Waals surface area contributed by atoms with Crippen molar-refractivity contribution in [3.05, 3.63) is 34.4 Å². The van der Waals surface area contributed by atoms with E-state index < -0.39 is 17.4 Å². The lowest BCUT2D eigenvalue weighted by molar-refractivity contribution is 0.143. The van der Waals surface area contributed by atoms with Gasteiger partial charge in [0.2, 0.25) is 5.43 Å². The molecule has 1 aromatic heterocycles. The summed E-state index contributed by atoms with van der Waals surface area (Å²) in [6, 6.07) is 2.99. The van der Waals surface area contributed by atoms with Gasteiger partial charge in [0, 0.05) is 25.2 Å². The van der Waals surface area contributed by atoms with Crippen molar-refractivity contribution in [1.82, 2.24) is 4.57 Å². The average Bonchev–Trinajstić information content (AvgIpc) is 3.31. The number of anilines is 1. The summed E-state index contributed by atoms with van der Waals surface area (Å²) in [5, 5.41) is 8.90. The van der Waals surface area contributed by atoms with Gasteiger partial charge in [-0.2, -0.15) is 0 Å². The van der Waals surface area contributed by atoms with Gasteiger partial charge in [-0.3, -0.25) is 4.79 Å². The molecule has 0 radical (unpaired) electrons. The number of pyridine rings is 1. The molecule has 0 amide bonds. The molecule has 126 valence electrons. The van der Waals surface area contributed by atoms with Crippen LogP contribution in [0.2, 0.25) is 0 Å². The Hall–Kier alpha value is -2.61. The predicted molar refractivity (Wildman–Crippen MR) is 85.3 cm³/mol. The largest absolute Gasteiger partial charge is 0.511 e. The van der Waals surface area contributed by atoms with Crippen LogP contribution in [0, 0.1) is 5.82 Å². The molecule has 2 aliphatic rings. The fourth-order valence-electron chi connectivity index (χ4n) is 3.11. The van der Waals surface area contributed by atoms with E-state index in [1.54, 1.807) is 10.6 Å². The Morgan fingerprint density at radius 1 is 1.33 bits per heavy atom. The average molecular weight is 333 g/mol. The van der Waals surface area contributed by atoms with E-state index >= 15 is 0 Å². The molecule has 8 heteroatoms. The lowest BCUT2D eigenvalue weighted by atomic mass is 10.1. The van der Waals surface area contributed by atoms with Crippen LogP contribution in [-0.2, 0) is 0 Å². The number of nitrogens with two attached hydrogens (primary N) is 1. The van der Waals surface area contributed by atoms with E-state index in [4.69, 9.17) is 10.8 Å². The lowest BCUT2D eigenvalue weighted by Gasteiger charge is -2.39. The number of rotatable bonds is 3. The number of carbonyl (C=O) groups is 1. The molecule has 24 heavy (non-hydrogen) atoms. The van der Waals surface area contributed by atoms with Gasteiger partial charge in [-0.1, -0.05) is 0 Å². The molecule has 0 unspecified atom stereocenters. The molecule has 2 heterocycles. The maximum Gasteiger partial charge on any atom is 0.511 e. The van der Waals surface area contributed by atoms with E-state index in [0.717, 1.165) is 18.9 Å². The first-order valence-electron chi connectivity index (χ1n) is 7.73. The highest BCUT2D eigenvalue weighted by Gasteiger charge is 2.29. The summed E-state index contributed by atoms with van der Waals surface area (Å²) in [5.74, 6) is -0.832. The van der Waals surface area contributed by atoms with Gasteiger partial charge in [0.1, 0.15) is 5.82 Å². The molecule has 0 spiro atoms. The molecular weight excluding hydrogens is 317 g/mol. The first kappa shape index (κ1) is 14.9. The normalized spacial score (nSPS) is 17.8. The number of aromatic nitrogens is 1. The lowest BCUT2D eigenvalue weighted by Crippen LogP contribution is -2.56. The van der Waals surface area contributed by atoms with Crippen LogP contribution in [0.4, 0.5) is 14.9 Å². The third-order valence-electron chi connectivity index (χ3n) is 4.46. The first-order valence-corrected chi connectivity index (χ1v) is 7.73. The molecular formula is C16H16FN3O4. The number of fused-ring (bicyclic) bond motifs is 1. The fourth-order valence-corrected chi connectivity index (χ4v) is 3.11. The van der Waals surface area contributed by atoms with Crippen LogP contribution in [0.15, 0.2) is 23.1 Å².